The molecule has 5 heteroatoms. The van der Waals surface area contributed by atoms with E-state index in [1.807, 2.05) is 17.0 Å². The molecule has 0 bridgehead atoms. The number of aromatic amines is 1. The lowest BCUT2D eigenvalue weighted by Crippen LogP contribution is -2.29. The van der Waals surface area contributed by atoms with Crippen LogP contribution in [0.5, 0.6) is 0 Å². The number of H-pyrrole nitrogens is 1. The van der Waals surface area contributed by atoms with Gasteiger partial charge in [0.15, 0.2) is 0 Å². The van der Waals surface area contributed by atoms with Crippen molar-refractivity contribution in [3.63, 3.8) is 0 Å². The monoisotopic (exact) mass is 397 g/mol. The quantitative estimate of drug-likeness (QED) is 0.498. The van der Waals surface area contributed by atoms with E-state index in [0.717, 1.165) is 34.6 Å². The smallest absolute Gasteiger partial charge is 0.273 e. The molecule has 5 nitrogen and oxygen atoms in total. The zero-order chi connectivity index (χ0) is 20.7. The Morgan fingerprint density at radius 2 is 1.83 bits per heavy atom. The second-order valence-electron chi connectivity index (χ2n) is 7.74. The van der Waals surface area contributed by atoms with Gasteiger partial charge in [0.25, 0.3) is 5.91 Å². The molecular weight excluding hydrogens is 374 g/mol. The van der Waals surface area contributed by atoms with Crippen molar-refractivity contribution in [3.8, 4) is 11.3 Å². The van der Waals surface area contributed by atoms with E-state index in [0.29, 0.717) is 12.2 Å². The number of aryl methyl sites for hydroxylation is 2. The van der Waals surface area contributed by atoms with Crippen LogP contribution in [0.4, 0.5) is 0 Å². The van der Waals surface area contributed by atoms with Crippen molar-refractivity contribution in [2.24, 2.45) is 0 Å². The molecule has 1 aliphatic rings. The first-order valence-corrected chi connectivity index (χ1v) is 10.2. The summed E-state index contributed by atoms with van der Waals surface area (Å²) in [6.07, 6.45) is 2.62. The number of aromatic nitrogens is 2. The molecule has 1 atom stereocenters. The van der Waals surface area contributed by atoms with Crippen LogP contribution in [-0.4, -0.2) is 21.0 Å². The third kappa shape index (κ3) is 3.03. The van der Waals surface area contributed by atoms with Gasteiger partial charge in [-0.25, -0.2) is 0 Å². The van der Waals surface area contributed by atoms with Crippen molar-refractivity contribution in [2.75, 3.05) is 0 Å². The molecule has 2 aromatic carbocycles. The molecule has 1 aliphatic heterocycles. The SMILES string of the molecule is CCc1ccc(C2c3c(-c4ccc(C)cc4)n[nH]c3C(=O)N2Cc2ccco2)cc1. The standard InChI is InChI=1S/C25H23N3O2/c1-3-17-8-12-19(13-9-17)24-21-22(18-10-6-16(2)7-11-18)26-27-23(21)25(29)28(24)15-20-5-4-14-30-20/h4-14,24H,3,15H2,1-2H3,(H,26,27). The van der Waals surface area contributed by atoms with E-state index in [-0.39, 0.29) is 11.9 Å². The highest BCUT2D eigenvalue weighted by Gasteiger charge is 2.42. The van der Waals surface area contributed by atoms with Crippen LogP contribution < -0.4 is 0 Å². The number of rotatable bonds is 5. The number of nitrogens with zero attached hydrogens (tertiary/aromatic N) is 2. The molecule has 0 fully saturated rings. The average Bonchev–Trinajstić information content (AvgIpc) is 3.49. The molecule has 1 amide bonds. The molecule has 0 aliphatic carbocycles. The molecule has 0 saturated carbocycles. The second-order valence-corrected chi connectivity index (χ2v) is 7.74. The van der Waals surface area contributed by atoms with Gasteiger partial charge in [0.2, 0.25) is 0 Å². The van der Waals surface area contributed by atoms with Gasteiger partial charge in [-0.05, 0) is 36.6 Å². The Morgan fingerprint density at radius 3 is 2.50 bits per heavy atom. The molecule has 150 valence electrons. The van der Waals surface area contributed by atoms with E-state index >= 15 is 0 Å². The van der Waals surface area contributed by atoms with Crippen molar-refractivity contribution >= 4 is 5.91 Å². The molecule has 0 spiro atoms. The fourth-order valence-electron chi connectivity index (χ4n) is 4.14. The number of benzene rings is 2. The van der Waals surface area contributed by atoms with Crippen LogP contribution in [0.1, 0.15) is 51.5 Å². The van der Waals surface area contributed by atoms with Crippen LogP contribution >= 0.6 is 0 Å². The van der Waals surface area contributed by atoms with Crippen LogP contribution in [0, 0.1) is 6.92 Å². The van der Waals surface area contributed by atoms with Crippen molar-refractivity contribution in [1.29, 1.82) is 0 Å². The predicted molar refractivity (Wildman–Crippen MR) is 115 cm³/mol. The zero-order valence-corrected chi connectivity index (χ0v) is 17.1. The van der Waals surface area contributed by atoms with Crippen LogP contribution in [0.2, 0.25) is 0 Å². The normalized spacial score (nSPS) is 15.6. The molecule has 5 rings (SSSR count). The number of nitrogens with one attached hydrogen (secondary N) is 1. The summed E-state index contributed by atoms with van der Waals surface area (Å²) in [7, 11) is 0. The molecule has 2 aromatic heterocycles. The zero-order valence-electron chi connectivity index (χ0n) is 17.1. The van der Waals surface area contributed by atoms with Crippen molar-refractivity contribution in [2.45, 2.75) is 32.9 Å². The molecule has 1 unspecified atom stereocenters. The lowest BCUT2D eigenvalue weighted by Gasteiger charge is -2.25. The lowest BCUT2D eigenvalue weighted by molar-refractivity contribution is 0.0717. The topological polar surface area (TPSA) is 62.1 Å². The molecule has 4 aromatic rings. The van der Waals surface area contributed by atoms with Gasteiger partial charge in [0, 0.05) is 11.1 Å². The average molecular weight is 397 g/mol. The minimum atomic E-state index is -0.224. The maximum absolute atomic E-state index is 13.3. The van der Waals surface area contributed by atoms with Gasteiger partial charge in [0.1, 0.15) is 11.5 Å². The van der Waals surface area contributed by atoms with E-state index < -0.39 is 0 Å². The maximum Gasteiger partial charge on any atom is 0.273 e. The van der Waals surface area contributed by atoms with Gasteiger partial charge in [-0.3, -0.25) is 9.89 Å². The minimum absolute atomic E-state index is 0.0585. The largest absolute Gasteiger partial charge is 0.467 e. The van der Waals surface area contributed by atoms with Crippen molar-refractivity contribution < 1.29 is 9.21 Å². The van der Waals surface area contributed by atoms with Crippen LogP contribution in [0.3, 0.4) is 0 Å². The summed E-state index contributed by atoms with van der Waals surface area (Å²) in [5.74, 6) is 0.699. The molecule has 30 heavy (non-hydrogen) atoms. The van der Waals surface area contributed by atoms with Crippen LogP contribution in [0.15, 0.2) is 71.3 Å². The van der Waals surface area contributed by atoms with Gasteiger partial charge in [-0.1, -0.05) is 61.0 Å². The number of carbonyl (C=O) groups excluding carboxylic acids is 1. The fourth-order valence-corrected chi connectivity index (χ4v) is 4.14. The summed E-state index contributed by atoms with van der Waals surface area (Å²) >= 11 is 0. The highest BCUT2D eigenvalue weighted by molar-refractivity contribution is 6.00. The van der Waals surface area contributed by atoms with Crippen molar-refractivity contribution in [1.82, 2.24) is 15.1 Å². The summed E-state index contributed by atoms with van der Waals surface area (Å²) < 4.78 is 5.55. The first-order chi connectivity index (χ1) is 14.7. The molecule has 0 saturated heterocycles. The third-order valence-electron chi connectivity index (χ3n) is 5.80. The minimum Gasteiger partial charge on any atom is -0.467 e. The number of amides is 1. The summed E-state index contributed by atoms with van der Waals surface area (Å²) in [6, 6.07) is 20.3. The molecule has 3 heterocycles. The van der Waals surface area contributed by atoms with Gasteiger partial charge in [-0.15, -0.1) is 0 Å². The highest BCUT2D eigenvalue weighted by atomic mass is 16.3. The van der Waals surface area contributed by atoms with E-state index in [9.17, 15) is 4.79 Å². The Labute approximate surface area is 175 Å². The molecule has 0 radical (unpaired) electrons. The Kier molecular flexibility index (Phi) is 4.51. The number of fused-ring (bicyclic) bond motifs is 1. The van der Waals surface area contributed by atoms with E-state index in [2.05, 4.69) is 72.6 Å². The van der Waals surface area contributed by atoms with Gasteiger partial charge in [-0.2, -0.15) is 5.10 Å². The molecular formula is C25H23N3O2. The van der Waals surface area contributed by atoms with E-state index in [1.165, 1.54) is 11.1 Å². The second kappa shape index (κ2) is 7.34. The summed E-state index contributed by atoms with van der Waals surface area (Å²) in [6.45, 7) is 4.61. The Bertz CT molecular complexity index is 1170. The predicted octanol–water partition coefficient (Wildman–Crippen LogP) is 5.29. The summed E-state index contributed by atoms with van der Waals surface area (Å²) in [5.41, 5.74) is 6.84. The number of hydrogen-bond donors (Lipinski definition) is 1. The number of carbonyl (C=O) groups is 1. The summed E-state index contributed by atoms with van der Waals surface area (Å²) in [4.78, 5) is 15.2. The Hall–Kier alpha value is -3.60. The molecule has 1 N–H and O–H groups in total. The summed E-state index contributed by atoms with van der Waals surface area (Å²) in [5, 5.41) is 7.54. The first-order valence-electron chi connectivity index (χ1n) is 10.2. The number of hydrogen-bond acceptors (Lipinski definition) is 3. The van der Waals surface area contributed by atoms with Gasteiger partial charge < -0.3 is 9.32 Å². The Balaban J connectivity index is 1.64. The van der Waals surface area contributed by atoms with Gasteiger partial charge >= 0.3 is 0 Å². The number of furan rings is 1. The van der Waals surface area contributed by atoms with Crippen LogP contribution in [-0.2, 0) is 13.0 Å². The Morgan fingerprint density at radius 1 is 1.07 bits per heavy atom. The van der Waals surface area contributed by atoms with Crippen molar-refractivity contribution in [3.05, 3.63) is 101 Å². The van der Waals surface area contributed by atoms with Gasteiger partial charge in [0.05, 0.1) is 24.5 Å². The fraction of sp³-hybridized carbons (Fsp3) is 0.200. The highest BCUT2D eigenvalue weighted by Crippen LogP contribution is 2.43. The first kappa shape index (κ1) is 18.4. The van der Waals surface area contributed by atoms with E-state index in [1.54, 1.807) is 6.26 Å². The van der Waals surface area contributed by atoms with E-state index in [4.69, 9.17) is 4.42 Å². The lowest BCUT2D eigenvalue weighted by atomic mass is 9.95. The van der Waals surface area contributed by atoms with Crippen LogP contribution in [0.25, 0.3) is 11.3 Å². The third-order valence-corrected chi connectivity index (χ3v) is 5.80. The maximum atomic E-state index is 13.3.